The monoisotopic (exact) mass is 576 g/mol. The van der Waals surface area contributed by atoms with Crippen LogP contribution in [0.1, 0.15) is 49.7 Å². The Morgan fingerprint density at radius 1 is 1.31 bits per heavy atom. The van der Waals surface area contributed by atoms with Crippen LogP contribution in [0, 0.1) is 35.4 Å². The molecule has 4 unspecified atom stereocenters. The van der Waals surface area contributed by atoms with E-state index >= 15 is 4.39 Å². The minimum atomic E-state index is -0.959. The smallest absolute Gasteiger partial charge is 0.274 e. The first-order valence-corrected chi connectivity index (χ1v) is 14.9. The molecule has 2 aromatic rings. The molecule has 7 atom stereocenters. The molecule has 3 heterocycles. The Kier molecular flexibility index (Phi) is 8.34. The van der Waals surface area contributed by atoms with Gasteiger partial charge in [0, 0.05) is 53.6 Å². The maximum atomic E-state index is 15.6. The van der Waals surface area contributed by atoms with Crippen LogP contribution in [0.2, 0.25) is 5.02 Å². The van der Waals surface area contributed by atoms with Gasteiger partial charge in [0.1, 0.15) is 23.2 Å². The zero-order valence-electron chi connectivity index (χ0n) is 22.4. The van der Waals surface area contributed by atoms with Gasteiger partial charge in [0.25, 0.3) is 5.91 Å². The van der Waals surface area contributed by atoms with Crippen molar-refractivity contribution in [2.75, 3.05) is 24.3 Å². The van der Waals surface area contributed by atoms with E-state index in [0.29, 0.717) is 29.3 Å². The van der Waals surface area contributed by atoms with E-state index in [1.807, 2.05) is 6.92 Å². The van der Waals surface area contributed by atoms with E-state index in [9.17, 15) is 9.18 Å². The third-order valence-corrected chi connectivity index (χ3v) is 10.1. The lowest BCUT2D eigenvalue weighted by molar-refractivity contribution is 0.00200. The Morgan fingerprint density at radius 3 is 2.82 bits per heavy atom. The molecule has 1 amide bonds. The van der Waals surface area contributed by atoms with Crippen molar-refractivity contribution in [3.63, 3.8) is 0 Å². The number of hydrogen-bond donors (Lipinski definition) is 2. The summed E-state index contributed by atoms with van der Waals surface area (Å²) >= 11 is 7.57. The van der Waals surface area contributed by atoms with E-state index in [4.69, 9.17) is 27.1 Å². The topological polar surface area (TPSA) is 89.6 Å². The molecule has 1 aromatic heterocycles. The van der Waals surface area contributed by atoms with Gasteiger partial charge >= 0.3 is 0 Å². The van der Waals surface area contributed by atoms with E-state index in [2.05, 4.69) is 24.1 Å². The average Bonchev–Trinajstić information content (AvgIpc) is 2.92. The van der Waals surface area contributed by atoms with Gasteiger partial charge in [0.15, 0.2) is 0 Å². The lowest BCUT2D eigenvalue weighted by atomic mass is 9.66. The number of aromatic nitrogens is 1. The molecule has 39 heavy (non-hydrogen) atoms. The molecule has 2 aliphatic heterocycles. The van der Waals surface area contributed by atoms with Crippen LogP contribution < -0.4 is 11.1 Å². The van der Waals surface area contributed by atoms with Crippen LogP contribution in [0.25, 0.3) is 0 Å². The molecule has 1 saturated carbocycles. The predicted molar refractivity (Wildman–Crippen MR) is 153 cm³/mol. The number of fused-ring (bicyclic) bond motifs is 1. The average molecular weight is 577 g/mol. The van der Waals surface area contributed by atoms with Gasteiger partial charge in [-0.25, -0.2) is 13.8 Å². The molecule has 1 aromatic carbocycles. The van der Waals surface area contributed by atoms with Crippen molar-refractivity contribution in [2.45, 2.75) is 51.4 Å². The number of nitrogens with zero attached hydrogens (tertiary/aromatic N) is 2. The molecule has 0 spiro atoms. The second-order valence-electron chi connectivity index (χ2n) is 11.4. The first kappa shape index (κ1) is 28.5. The Bertz CT molecular complexity index is 1250. The molecule has 3 aliphatic rings. The van der Waals surface area contributed by atoms with E-state index in [-0.39, 0.29) is 47.9 Å². The quantitative estimate of drug-likeness (QED) is 0.449. The van der Waals surface area contributed by atoms with Gasteiger partial charge < -0.3 is 15.8 Å². The summed E-state index contributed by atoms with van der Waals surface area (Å²) in [5, 5.41) is 4.11. The first-order chi connectivity index (χ1) is 18.6. The largest absolute Gasteiger partial charge is 0.379 e. The highest BCUT2D eigenvalue weighted by molar-refractivity contribution is 8.14. The predicted octanol–water partition coefficient (Wildman–Crippen LogP) is 6.10. The van der Waals surface area contributed by atoms with Crippen molar-refractivity contribution in [1.82, 2.24) is 4.98 Å². The number of aliphatic imine (C=N–C) groups is 1. The fraction of sp³-hybridized carbons (Fsp3) is 0.552. The number of nitrogens with one attached hydrogen (secondary N) is 1. The zero-order chi connectivity index (χ0) is 27.9. The van der Waals surface area contributed by atoms with Crippen LogP contribution in [0.15, 0.2) is 41.5 Å². The number of hydrogen-bond acceptors (Lipinski definition) is 6. The van der Waals surface area contributed by atoms with Gasteiger partial charge in [0.05, 0.1) is 16.7 Å². The van der Waals surface area contributed by atoms with Gasteiger partial charge in [-0.05, 0) is 55.0 Å². The Labute approximate surface area is 237 Å². The fourth-order valence-corrected chi connectivity index (χ4v) is 7.93. The zero-order valence-corrected chi connectivity index (χ0v) is 23.9. The van der Waals surface area contributed by atoms with Crippen molar-refractivity contribution in [2.24, 2.45) is 40.3 Å². The van der Waals surface area contributed by atoms with E-state index in [1.165, 1.54) is 24.4 Å². The van der Waals surface area contributed by atoms with Crippen LogP contribution in [0.5, 0.6) is 0 Å². The van der Waals surface area contributed by atoms with Crippen molar-refractivity contribution in [3.05, 3.63) is 58.6 Å². The number of pyridine rings is 1. The maximum Gasteiger partial charge on any atom is 0.274 e. The number of alkyl halides is 1. The van der Waals surface area contributed by atoms with Crippen LogP contribution >= 0.6 is 23.4 Å². The van der Waals surface area contributed by atoms with Crippen LogP contribution in [-0.4, -0.2) is 47.1 Å². The van der Waals surface area contributed by atoms with Gasteiger partial charge in [-0.15, -0.1) is 11.8 Å². The van der Waals surface area contributed by atoms with Crippen molar-refractivity contribution in [1.29, 1.82) is 0 Å². The molecular weight excluding hydrogens is 542 g/mol. The summed E-state index contributed by atoms with van der Waals surface area (Å²) in [7, 11) is 0. The third-order valence-electron chi connectivity index (χ3n) is 8.69. The fourth-order valence-electron chi connectivity index (χ4n) is 6.25. The minimum absolute atomic E-state index is 0.0397. The van der Waals surface area contributed by atoms with Crippen molar-refractivity contribution < 1.29 is 18.3 Å². The van der Waals surface area contributed by atoms with Crippen molar-refractivity contribution >= 4 is 40.0 Å². The van der Waals surface area contributed by atoms with Gasteiger partial charge in [-0.1, -0.05) is 32.4 Å². The molecule has 2 fully saturated rings. The standard InChI is InChI=1S/C29H35ClF2N4O2S/c1-15(2)20-11-23(32)16(3)26(33)25(20)28-36-29(14-38-9-8-17(29)13-39-28)21-10-19(5-6-22(21)31)35-27(37)24-7-4-18(30)12-34-24/h4-7,10,12,15-17,20,23,25-26H,8-9,11,13-14,33H2,1-3H3,(H,35,37)/t16?,17?,20-,23-,25?,26?,29+/m1/s1. The number of anilines is 1. The lowest BCUT2D eigenvalue weighted by Crippen LogP contribution is -2.55. The normalized spacial score (nSPS) is 32.9. The summed E-state index contributed by atoms with van der Waals surface area (Å²) in [6.07, 6.45) is 1.63. The van der Waals surface area contributed by atoms with Crippen LogP contribution in [-0.2, 0) is 10.3 Å². The number of benzene rings is 1. The summed E-state index contributed by atoms with van der Waals surface area (Å²) in [6.45, 7) is 6.88. The molecule has 0 radical (unpaired) electrons. The molecule has 1 saturated heterocycles. The van der Waals surface area contributed by atoms with E-state index in [0.717, 1.165) is 17.2 Å². The summed E-state index contributed by atoms with van der Waals surface area (Å²) in [5.74, 6) is -0.185. The highest BCUT2D eigenvalue weighted by Gasteiger charge is 2.51. The summed E-state index contributed by atoms with van der Waals surface area (Å²) in [4.78, 5) is 22.2. The Hall–Kier alpha value is -2.07. The highest BCUT2D eigenvalue weighted by atomic mass is 35.5. The minimum Gasteiger partial charge on any atom is -0.379 e. The van der Waals surface area contributed by atoms with Crippen molar-refractivity contribution in [3.8, 4) is 0 Å². The number of halogens is 3. The van der Waals surface area contributed by atoms with Gasteiger partial charge in [-0.3, -0.25) is 9.79 Å². The molecular formula is C29H35ClF2N4O2S. The van der Waals surface area contributed by atoms with Gasteiger partial charge in [-0.2, -0.15) is 0 Å². The second kappa shape index (κ2) is 11.4. The number of amides is 1. The number of carbonyl (C=O) groups is 1. The molecule has 1 aliphatic carbocycles. The summed E-state index contributed by atoms with van der Waals surface area (Å²) in [5.41, 5.74) is 6.75. The summed E-state index contributed by atoms with van der Waals surface area (Å²) in [6, 6.07) is 7.28. The van der Waals surface area contributed by atoms with Crippen LogP contribution in [0.4, 0.5) is 14.5 Å². The number of thioether (sulfide) groups is 1. The Morgan fingerprint density at radius 2 is 2.10 bits per heavy atom. The second-order valence-corrected chi connectivity index (χ2v) is 12.8. The SMILES string of the molecule is CC(C)[C@H]1C[C@@H](F)C(C)C(N)C1C1=N[C@@]2(c3cc(NC(=O)c4ccc(Cl)cn4)ccc3F)COCCC2CS1. The number of nitrogens with two attached hydrogens (primary N) is 1. The number of carbonyl (C=O) groups excluding carboxylic acids is 1. The van der Waals surface area contributed by atoms with Gasteiger partial charge in [0.2, 0.25) is 0 Å². The molecule has 210 valence electrons. The molecule has 5 rings (SSSR count). The maximum absolute atomic E-state index is 15.6. The molecule has 6 nitrogen and oxygen atoms in total. The van der Waals surface area contributed by atoms with E-state index in [1.54, 1.807) is 23.9 Å². The Balaban J connectivity index is 1.54. The molecule has 0 bridgehead atoms. The molecule has 10 heteroatoms. The number of ether oxygens (including phenoxy) is 1. The summed E-state index contributed by atoms with van der Waals surface area (Å²) < 4.78 is 36.5. The highest BCUT2D eigenvalue weighted by Crippen LogP contribution is 2.50. The molecule has 3 N–H and O–H groups in total. The third kappa shape index (κ3) is 5.47. The van der Waals surface area contributed by atoms with E-state index < -0.39 is 23.4 Å². The number of rotatable bonds is 5. The first-order valence-electron chi connectivity index (χ1n) is 13.5. The lowest BCUT2D eigenvalue weighted by Gasteiger charge is -2.49. The van der Waals surface area contributed by atoms with Crippen LogP contribution in [0.3, 0.4) is 0 Å².